The molecule has 0 aromatic heterocycles. The van der Waals surface area contributed by atoms with Crippen LogP contribution < -0.4 is 0 Å². The molecule has 2 rings (SSSR count). The molecule has 2 saturated heterocycles. The molecule has 8 heteroatoms. The molecule has 0 unspecified atom stereocenters. The van der Waals surface area contributed by atoms with Crippen LogP contribution in [0.1, 0.15) is 34.1 Å². The average molecular weight is 313 g/mol. The zero-order valence-corrected chi connectivity index (χ0v) is 13.6. The molecule has 0 aliphatic carbocycles. The maximum atomic E-state index is 11.9. The highest BCUT2D eigenvalue weighted by Crippen LogP contribution is 2.42. The first-order valence-corrected chi connectivity index (χ1v) is 7.31. The molecule has 124 valence electrons. The van der Waals surface area contributed by atoms with Gasteiger partial charge in [0.2, 0.25) is 0 Å². The predicted octanol–water partition coefficient (Wildman–Crippen LogP) is 2.17. The first kappa shape index (κ1) is 17.0. The van der Waals surface area contributed by atoms with Crippen LogP contribution in [0.15, 0.2) is 5.11 Å². The van der Waals surface area contributed by atoms with Gasteiger partial charge in [0.05, 0.1) is 31.5 Å². The van der Waals surface area contributed by atoms with Gasteiger partial charge in [-0.1, -0.05) is 5.11 Å². The van der Waals surface area contributed by atoms with Gasteiger partial charge in [-0.2, -0.15) is 0 Å². The third-order valence-corrected chi connectivity index (χ3v) is 4.04. The van der Waals surface area contributed by atoms with E-state index in [0.29, 0.717) is 13.0 Å². The highest BCUT2D eigenvalue weighted by molar-refractivity contribution is 5.76. The van der Waals surface area contributed by atoms with Crippen molar-refractivity contribution in [2.24, 2.45) is 11.0 Å². The van der Waals surface area contributed by atoms with Crippen molar-refractivity contribution in [1.82, 2.24) is 0 Å². The molecule has 0 saturated carbocycles. The van der Waals surface area contributed by atoms with Crippen LogP contribution in [0.25, 0.3) is 10.4 Å². The Morgan fingerprint density at radius 2 is 2.05 bits per heavy atom. The predicted molar refractivity (Wildman–Crippen MR) is 76.9 cm³/mol. The highest BCUT2D eigenvalue weighted by atomic mass is 16.7. The van der Waals surface area contributed by atoms with Crippen LogP contribution in [0, 0.1) is 5.92 Å². The van der Waals surface area contributed by atoms with E-state index in [1.54, 1.807) is 0 Å². The van der Waals surface area contributed by atoms with Gasteiger partial charge >= 0.3 is 5.97 Å². The molecule has 4 atom stereocenters. The van der Waals surface area contributed by atoms with Crippen molar-refractivity contribution in [3.05, 3.63) is 10.4 Å². The van der Waals surface area contributed by atoms with Crippen LogP contribution in [-0.4, -0.2) is 49.3 Å². The molecule has 0 aromatic rings. The molecule has 2 aliphatic rings. The SMILES string of the molecule is COC(=O)[C@@H](N=[N+]=[N-])[C@H]1OC(C)(C)C[C@@H]1[C@H]1COC(C)(C)O1. The molecular weight excluding hydrogens is 290 g/mol. The number of ether oxygens (including phenoxy) is 4. The second kappa shape index (κ2) is 6.04. The standard InChI is InChI=1S/C14H23N3O5/c1-13(2)6-8(9-7-20-14(3,4)21-9)11(22-13)10(16-17-15)12(18)19-5/h8-11H,6-7H2,1-5H3/t8-,9-,10+,11+/m1/s1. The van der Waals surface area contributed by atoms with E-state index >= 15 is 0 Å². The Morgan fingerprint density at radius 1 is 1.36 bits per heavy atom. The molecule has 0 amide bonds. The summed E-state index contributed by atoms with van der Waals surface area (Å²) in [6.07, 6.45) is -0.139. The Morgan fingerprint density at radius 3 is 2.55 bits per heavy atom. The van der Waals surface area contributed by atoms with Gasteiger partial charge in [0.25, 0.3) is 0 Å². The van der Waals surface area contributed by atoms with E-state index in [2.05, 4.69) is 10.0 Å². The summed E-state index contributed by atoms with van der Waals surface area (Å²) in [7, 11) is 1.26. The molecule has 0 radical (unpaired) electrons. The van der Waals surface area contributed by atoms with Crippen LogP contribution >= 0.6 is 0 Å². The zero-order chi connectivity index (χ0) is 16.5. The molecule has 2 heterocycles. The summed E-state index contributed by atoms with van der Waals surface area (Å²) in [5.74, 6) is -1.39. The Balaban J connectivity index is 2.26. The largest absolute Gasteiger partial charge is 0.469 e. The highest BCUT2D eigenvalue weighted by Gasteiger charge is 2.52. The molecule has 8 nitrogen and oxygen atoms in total. The molecular formula is C14H23N3O5. The van der Waals surface area contributed by atoms with Crippen molar-refractivity contribution in [1.29, 1.82) is 0 Å². The van der Waals surface area contributed by atoms with Crippen LogP contribution in [0.4, 0.5) is 0 Å². The van der Waals surface area contributed by atoms with Gasteiger partial charge in [-0.15, -0.1) is 0 Å². The lowest BCUT2D eigenvalue weighted by Crippen LogP contribution is -2.42. The molecule has 22 heavy (non-hydrogen) atoms. The smallest absolute Gasteiger partial charge is 0.317 e. The number of nitrogens with zero attached hydrogens (tertiary/aromatic N) is 3. The second-order valence-corrected chi connectivity index (χ2v) is 6.75. The lowest BCUT2D eigenvalue weighted by Gasteiger charge is -2.27. The minimum Gasteiger partial charge on any atom is -0.469 e. The van der Waals surface area contributed by atoms with E-state index < -0.39 is 29.5 Å². The Labute approximate surface area is 129 Å². The number of hydrogen-bond acceptors (Lipinski definition) is 6. The Hall–Kier alpha value is -1.34. The number of carbonyl (C=O) groups excluding carboxylic acids is 1. The van der Waals surface area contributed by atoms with Crippen molar-refractivity contribution in [2.45, 2.75) is 63.8 Å². The first-order chi connectivity index (χ1) is 10.2. The molecule has 2 aliphatic heterocycles. The van der Waals surface area contributed by atoms with E-state index in [4.69, 9.17) is 24.5 Å². The third-order valence-electron chi connectivity index (χ3n) is 4.04. The summed E-state index contributed by atoms with van der Waals surface area (Å²) in [6, 6.07) is -1.03. The van der Waals surface area contributed by atoms with Crippen LogP contribution in [0.3, 0.4) is 0 Å². The van der Waals surface area contributed by atoms with E-state index in [1.807, 2.05) is 27.7 Å². The minimum absolute atomic E-state index is 0.119. The number of carbonyl (C=O) groups is 1. The van der Waals surface area contributed by atoms with Gasteiger partial charge in [-0.3, -0.25) is 4.79 Å². The van der Waals surface area contributed by atoms with Gasteiger partial charge in [0.1, 0.15) is 0 Å². The molecule has 2 fully saturated rings. The van der Waals surface area contributed by atoms with E-state index in [1.165, 1.54) is 7.11 Å². The normalized spacial score (nSPS) is 34.0. The van der Waals surface area contributed by atoms with Crippen molar-refractivity contribution < 1.29 is 23.7 Å². The summed E-state index contributed by atoms with van der Waals surface area (Å²) in [4.78, 5) is 14.7. The zero-order valence-electron chi connectivity index (χ0n) is 13.6. The maximum absolute atomic E-state index is 11.9. The van der Waals surface area contributed by atoms with Crippen molar-refractivity contribution >= 4 is 5.97 Å². The maximum Gasteiger partial charge on any atom is 0.317 e. The Bertz CT molecular complexity index is 487. The average Bonchev–Trinajstić information content (AvgIpc) is 2.94. The van der Waals surface area contributed by atoms with Gasteiger partial charge in [0.15, 0.2) is 11.8 Å². The van der Waals surface area contributed by atoms with Gasteiger partial charge in [-0.25, -0.2) is 0 Å². The fraction of sp³-hybridized carbons (Fsp3) is 0.929. The summed E-state index contributed by atoms with van der Waals surface area (Å²) in [5, 5.41) is 3.59. The van der Waals surface area contributed by atoms with Crippen LogP contribution in [0.5, 0.6) is 0 Å². The summed E-state index contributed by atoms with van der Waals surface area (Å²) in [5.41, 5.74) is 8.30. The van der Waals surface area contributed by atoms with Gasteiger partial charge in [-0.05, 0) is 39.6 Å². The van der Waals surface area contributed by atoms with Crippen molar-refractivity contribution in [3.63, 3.8) is 0 Å². The topological polar surface area (TPSA) is 103 Å². The molecule has 0 spiro atoms. The van der Waals surface area contributed by atoms with Crippen LogP contribution in [-0.2, 0) is 23.7 Å². The lowest BCUT2D eigenvalue weighted by atomic mass is 9.87. The van der Waals surface area contributed by atoms with E-state index in [9.17, 15) is 4.79 Å². The molecule has 0 aromatic carbocycles. The summed E-state index contributed by atoms with van der Waals surface area (Å²) < 4.78 is 22.2. The fourth-order valence-corrected chi connectivity index (χ4v) is 3.18. The molecule has 0 bridgehead atoms. The fourth-order valence-electron chi connectivity index (χ4n) is 3.18. The number of hydrogen-bond donors (Lipinski definition) is 0. The summed E-state index contributed by atoms with van der Waals surface area (Å²) >= 11 is 0. The van der Waals surface area contributed by atoms with Crippen molar-refractivity contribution in [2.75, 3.05) is 13.7 Å². The number of azide groups is 1. The molecule has 0 N–H and O–H groups in total. The number of rotatable bonds is 4. The monoisotopic (exact) mass is 313 g/mol. The Kier molecular flexibility index (Phi) is 4.67. The lowest BCUT2D eigenvalue weighted by molar-refractivity contribution is -0.154. The number of esters is 1. The van der Waals surface area contributed by atoms with Gasteiger partial charge in [0, 0.05) is 10.8 Å². The van der Waals surface area contributed by atoms with E-state index in [0.717, 1.165) is 0 Å². The van der Waals surface area contributed by atoms with E-state index in [-0.39, 0.29) is 12.0 Å². The van der Waals surface area contributed by atoms with Gasteiger partial charge < -0.3 is 18.9 Å². The quantitative estimate of drug-likeness (QED) is 0.342. The number of methoxy groups -OCH3 is 1. The first-order valence-electron chi connectivity index (χ1n) is 7.31. The summed E-state index contributed by atoms with van der Waals surface area (Å²) in [6.45, 7) is 7.97. The second-order valence-electron chi connectivity index (χ2n) is 6.75. The van der Waals surface area contributed by atoms with Crippen LogP contribution in [0.2, 0.25) is 0 Å². The third kappa shape index (κ3) is 3.52. The minimum atomic E-state index is -1.03. The van der Waals surface area contributed by atoms with Crippen molar-refractivity contribution in [3.8, 4) is 0 Å².